The van der Waals surface area contributed by atoms with Gasteiger partial charge >= 0.3 is 0 Å². The molecule has 1 N–H and O–H groups in total. The average Bonchev–Trinajstić information content (AvgIpc) is 3.00. The van der Waals surface area contributed by atoms with Crippen molar-refractivity contribution in [3.63, 3.8) is 0 Å². The van der Waals surface area contributed by atoms with Crippen molar-refractivity contribution < 1.29 is 9.18 Å². The zero-order valence-corrected chi connectivity index (χ0v) is 10.3. The molecule has 3 rings (SSSR count). The fourth-order valence-corrected chi connectivity index (χ4v) is 2.20. The van der Waals surface area contributed by atoms with Crippen LogP contribution in [0.4, 0.5) is 4.39 Å². The molecule has 1 amide bonds. The first kappa shape index (κ1) is 11.8. The highest BCUT2D eigenvalue weighted by Gasteiger charge is 2.17. The Labute approximate surface area is 109 Å². The summed E-state index contributed by atoms with van der Waals surface area (Å²) in [7, 11) is 0. The van der Waals surface area contributed by atoms with Gasteiger partial charge in [0.05, 0.1) is 6.54 Å². The van der Waals surface area contributed by atoms with Crippen molar-refractivity contribution in [1.29, 1.82) is 0 Å². The molecule has 19 heavy (non-hydrogen) atoms. The lowest BCUT2D eigenvalue weighted by Gasteiger charge is -2.05. The van der Waals surface area contributed by atoms with E-state index in [0.29, 0.717) is 12.1 Å². The molecule has 2 heterocycles. The first-order chi connectivity index (χ1) is 9.24. The molecule has 1 aliphatic rings. The van der Waals surface area contributed by atoms with Crippen LogP contribution in [0, 0.1) is 5.82 Å². The van der Waals surface area contributed by atoms with E-state index in [-0.39, 0.29) is 11.7 Å². The molecule has 1 aromatic carbocycles. The predicted octanol–water partition coefficient (Wildman–Crippen LogP) is 1.29. The van der Waals surface area contributed by atoms with E-state index in [1.807, 2.05) is 4.57 Å². The zero-order valence-electron chi connectivity index (χ0n) is 10.3. The molecule has 2 aromatic rings. The van der Waals surface area contributed by atoms with E-state index in [1.54, 1.807) is 0 Å². The smallest absolute Gasteiger partial charge is 0.251 e. The topological polar surface area (TPSA) is 59.8 Å². The molecule has 0 saturated heterocycles. The maximum atomic E-state index is 12.8. The average molecular weight is 260 g/mol. The third kappa shape index (κ3) is 2.33. The number of benzene rings is 1. The Balaban J connectivity index is 1.66. The summed E-state index contributed by atoms with van der Waals surface area (Å²) in [5.74, 6) is 1.15. The largest absolute Gasteiger partial charge is 0.345 e. The normalized spacial score (nSPS) is 13.3. The molecular weight excluding hydrogens is 247 g/mol. The van der Waals surface area contributed by atoms with Crippen molar-refractivity contribution in [3.05, 3.63) is 47.3 Å². The molecule has 1 aromatic heterocycles. The number of nitrogens with one attached hydrogen (secondary N) is 1. The second-order valence-electron chi connectivity index (χ2n) is 4.48. The van der Waals surface area contributed by atoms with Crippen molar-refractivity contribution in [3.8, 4) is 0 Å². The molecule has 1 aliphatic heterocycles. The van der Waals surface area contributed by atoms with Gasteiger partial charge in [0.25, 0.3) is 5.91 Å². The highest BCUT2D eigenvalue weighted by Crippen LogP contribution is 2.13. The van der Waals surface area contributed by atoms with Crippen molar-refractivity contribution in [1.82, 2.24) is 20.1 Å². The van der Waals surface area contributed by atoms with E-state index in [4.69, 9.17) is 0 Å². The molecule has 0 spiro atoms. The first-order valence-electron chi connectivity index (χ1n) is 6.19. The Hall–Kier alpha value is -2.24. The van der Waals surface area contributed by atoms with E-state index >= 15 is 0 Å². The summed E-state index contributed by atoms with van der Waals surface area (Å²) in [5.41, 5.74) is 0.433. The number of hydrogen-bond donors (Lipinski definition) is 1. The van der Waals surface area contributed by atoms with Gasteiger partial charge in [-0.05, 0) is 30.7 Å². The Morgan fingerprint density at radius 2 is 2.11 bits per heavy atom. The molecule has 6 heteroatoms. The summed E-state index contributed by atoms with van der Waals surface area (Å²) >= 11 is 0. The van der Waals surface area contributed by atoms with Crippen molar-refractivity contribution in [2.75, 3.05) is 0 Å². The maximum Gasteiger partial charge on any atom is 0.251 e. The van der Waals surface area contributed by atoms with Crippen LogP contribution in [0.2, 0.25) is 0 Å². The minimum atomic E-state index is -0.355. The van der Waals surface area contributed by atoms with Gasteiger partial charge in [0, 0.05) is 18.5 Å². The lowest BCUT2D eigenvalue weighted by atomic mass is 10.2. The SMILES string of the molecule is O=C(NCc1nnc2n1CCC2)c1ccc(F)cc1. The van der Waals surface area contributed by atoms with E-state index < -0.39 is 0 Å². The quantitative estimate of drug-likeness (QED) is 0.904. The van der Waals surface area contributed by atoms with Crippen LogP contribution in [0.15, 0.2) is 24.3 Å². The number of halogens is 1. The second-order valence-corrected chi connectivity index (χ2v) is 4.48. The fourth-order valence-electron chi connectivity index (χ4n) is 2.20. The third-order valence-electron chi connectivity index (χ3n) is 3.20. The van der Waals surface area contributed by atoms with Gasteiger partial charge in [-0.3, -0.25) is 4.79 Å². The summed E-state index contributed by atoms with van der Waals surface area (Å²) in [6.45, 7) is 1.24. The number of carbonyl (C=O) groups is 1. The van der Waals surface area contributed by atoms with Crippen LogP contribution in [-0.4, -0.2) is 20.7 Å². The summed E-state index contributed by atoms with van der Waals surface area (Å²) in [4.78, 5) is 11.9. The van der Waals surface area contributed by atoms with E-state index in [0.717, 1.165) is 31.0 Å². The lowest BCUT2D eigenvalue weighted by Crippen LogP contribution is -2.24. The molecule has 0 radical (unpaired) electrons. The monoisotopic (exact) mass is 260 g/mol. The van der Waals surface area contributed by atoms with Gasteiger partial charge in [0.15, 0.2) is 5.82 Å². The maximum absolute atomic E-state index is 12.8. The van der Waals surface area contributed by atoms with Gasteiger partial charge in [-0.1, -0.05) is 0 Å². The van der Waals surface area contributed by atoms with E-state index in [1.165, 1.54) is 24.3 Å². The Morgan fingerprint density at radius 3 is 2.89 bits per heavy atom. The minimum absolute atomic E-state index is 0.240. The second kappa shape index (κ2) is 4.79. The summed E-state index contributed by atoms with van der Waals surface area (Å²) in [6.07, 6.45) is 2.02. The zero-order chi connectivity index (χ0) is 13.2. The van der Waals surface area contributed by atoms with Gasteiger partial charge in [-0.2, -0.15) is 0 Å². The first-order valence-corrected chi connectivity index (χ1v) is 6.19. The number of fused-ring (bicyclic) bond motifs is 1. The van der Waals surface area contributed by atoms with Crippen molar-refractivity contribution in [2.45, 2.75) is 25.9 Å². The highest BCUT2D eigenvalue weighted by molar-refractivity contribution is 5.94. The number of carbonyl (C=O) groups excluding carboxylic acids is 1. The predicted molar refractivity (Wildman–Crippen MR) is 65.9 cm³/mol. The number of rotatable bonds is 3. The van der Waals surface area contributed by atoms with Crippen LogP contribution in [0.1, 0.15) is 28.4 Å². The molecule has 0 bridgehead atoms. The summed E-state index contributed by atoms with van der Waals surface area (Å²) in [5, 5.41) is 10.9. The van der Waals surface area contributed by atoms with Gasteiger partial charge < -0.3 is 9.88 Å². The molecule has 0 unspecified atom stereocenters. The Kier molecular flexibility index (Phi) is 2.98. The number of hydrogen-bond acceptors (Lipinski definition) is 3. The van der Waals surface area contributed by atoms with Crippen LogP contribution in [0.25, 0.3) is 0 Å². The number of aryl methyl sites for hydroxylation is 1. The molecular formula is C13H13FN4O. The number of amides is 1. The van der Waals surface area contributed by atoms with Crippen molar-refractivity contribution in [2.24, 2.45) is 0 Å². The van der Waals surface area contributed by atoms with Gasteiger partial charge in [-0.15, -0.1) is 10.2 Å². The summed E-state index contributed by atoms with van der Waals surface area (Å²) in [6, 6.07) is 5.45. The highest BCUT2D eigenvalue weighted by atomic mass is 19.1. The van der Waals surface area contributed by atoms with Crippen molar-refractivity contribution >= 4 is 5.91 Å². The minimum Gasteiger partial charge on any atom is -0.345 e. The molecule has 0 aliphatic carbocycles. The van der Waals surface area contributed by atoms with E-state index in [9.17, 15) is 9.18 Å². The molecule has 5 nitrogen and oxygen atoms in total. The van der Waals surface area contributed by atoms with Crippen LogP contribution in [0.3, 0.4) is 0 Å². The molecule has 0 atom stereocenters. The van der Waals surface area contributed by atoms with Crippen LogP contribution < -0.4 is 5.32 Å². The third-order valence-corrected chi connectivity index (χ3v) is 3.20. The van der Waals surface area contributed by atoms with Gasteiger partial charge in [0.2, 0.25) is 0 Å². The number of nitrogens with zero attached hydrogens (tertiary/aromatic N) is 3. The standard InChI is InChI=1S/C13H13FN4O/c14-10-5-3-9(4-6-10)13(19)15-8-12-17-16-11-2-1-7-18(11)12/h3-6H,1-2,7-8H2,(H,15,19). The number of aromatic nitrogens is 3. The van der Waals surface area contributed by atoms with Crippen LogP contribution in [-0.2, 0) is 19.5 Å². The van der Waals surface area contributed by atoms with Gasteiger partial charge in [-0.25, -0.2) is 4.39 Å². The Morgan fingerprint density at radius 1 is 1.32 bits per heavy atom. The van der Waals surface area contributed by atoms with Crippen LogP contribution in [0.5, 0.6) is 0 Å². The molecule has 98 valence electrons. The lowest BCUT2D eigenvalue weighted by molar-refractivity contribution is 0.0949. The molecule has 0 fully saturated rings. The molecule has 0 saturated carbocycles. The fraction of sp³-hybridized carbons (Fsp3) is 0.308. The van der Waals surface area contributed by atoms with E-state index in [2.05, 4.69) is 15.5 Å². The van der Waals surface area contributed by atoms with Gasteiger partial charge in [0.1, 0.15) is 11.6 Å². The summed E-state index contributed by atoms with van der Waals surface area (Å²) < 4.78 is 14.8. The Bertz CT molecular complexity index is 606. The van der Waals surface area contributed by atoms with Crippen LogP contribution >= 0.6 is 0 Å².